The number of aromatic nitrogens is 3. The first-order valence-electron chi connectivity index (χ1n) is 7.09. The van der Waals surface area contributed by atoms with Crippen LogP contribution in [0.2, 0.25) is 0 Å². The molecule has 0 aromatic carbocycles. The van der Waals surface area contributed by atoms with Crippen LogP contribution in [-0.2, 0) is 4.79 Å². The summed E-state index contributed by atoms with van der Waals surface area (Å²) in [4.78, 5) is 20.8. The Morgan fingerprint density at radius 3 is 2.90 bits per heavy atom. The molecule has 2 heterocycles. The fourth-order valence-electron chi connectivity index (χ4n) is 2.10. The highest BCUT2D eigenvalue weighted by Gasteiger charge is 2.15. The van der Waals surface area contributed by atoms with Gasteiger partial charge in [0, 0.05) is 24.5 Å². The van der Waals surface area contributed by atoms with E-state index in [0.717, 1.165) is 18.7 Å². The Morgan fingerprint density at radius 2 is 2.24 bits per heavy atom. The van der Waals surface area contributed by atoms with E-state index in [0.29, 0.717) is 18.1 Å². The highest BCUT2D eigenvalue weighted by Crippen LogP contribution is 2.19. The van der Waals surface area contributed by atoms with E-state index in [2.05, 4.69) is 15.3 Å². The van der Waals surface area contributed by atoms with Crippen molar-refractivity contribution in [2.24, 2.45) is 11.7 Å². The summed E-state index contributed by atoms with van der Waals surface area (Å²) in [5.41, 5.74) is 6.17. The van der Waals surface area contributed by atoms with Gasteiger partial charge < -0.3 is 11.1 Å². The molecule has 1 unspecified atom stereocenters. The lowest BCUT2D eigenvalue weighted by atomic mass is 10.0. The molecule has 6 heteroatoms. The number of imidazole rings is 1. The minimum atomic E-state index is -0.0782. The van der Waals surface area contributed by atoms with Gasteiger partial charge in [-0.2, -0.15) is 0 Å². The molecule has 1 amide bonds. The number of anilines is 1. The van der Waals surface area contributed by atoms with Crippen LogP contribution in [0.1, 0.15) is 25.6 Å². The molecular weight excluding hydrogens is 266 g/mol. The molecule has 0 aliphatic carbocycles. The van der Waals surface area contributed by atoms with Gasteiger partial charge in [-0.3, -0.25) is 9.36 Å². The van der Waals surface area contributed by atoms with Gasteiger partial charge >= 0.3 is 0 Å². The van der Waals surface area contributed by atoms with Gasteiger partial charge in [-0.1, -0.05) is 6.92 Å². The Balaban J connectivity index is 2.18. The van der Waals surface area contributed by atoms with E-state index < -0.39 is 0 Å². The highest BCUT2D eigenvalue weighted by atomic mass is 16.1. The van der Waals surface area contributed by atoms with E-state index >= 15 is 0 Å². The largest absolute Gasteiger partial charge is 0.330 e. The van der Waals surface area contributed by atoms with Crippen LogP contribution in [0, 0.1) is 12.8 Å². The zero-order valence-electron chi connectivity index (χ0n) is 12.4. The first-order valence-corrected chi connectivity index (χ1v) is 7.09. The first kappa shape index (κ1) is 15.2. The van der Waals surface area contributed by atoms with Crippen molar-refractivity contribution >= 4 is 11.6 Å². The fourth-order valence-corrected chi connectivity index (χ4v) is 2.10. The van der Waals surface area contributed by atoms with Gasteiger partial charge in [0.15, 0.2) is 5.82 Å². The summed E-state index contributed by atoms with van der Waals surface area (Å²) < 4.78 is 1.85. The molecule has 2 aromatic heterocycles. The van der Waals surface area contributed by atoms with E-state index in [1.165, 1.54) is 0 Å². The highest BCUT2D eigenvalue weighted by molar-refractivity contribution is 5.93. The normalized spacial score (nSPS) is 12.1. The first-order chi connectivity index (χ1) is 10.1. The number of nitrogens with two attached hydrogens (primary N) is 1. The van der Waals surface area contributed by atoms with Gasteiger partial charge in [0.25, 0.3) is 0 Å². The summed E-state index contributed by atoms with van der Waals surface area (Å²) in [7, 11) is 0. The maximum atomic E-state index is 12.2. The molecule has 6 nitrogen and oxygen atoms in total. The van der Waals surface area contributed by atoms with Crippen molar-refractivity contribution in [3.63, 3.8) is 0 Å². The van der Waals surface area contributed by atoms with Gasteiger partial charge in [-0.15, -0.1) is 0 Å². The molecule has 0 bridgehead atoms. The number of hydrogen-bond acceptors (Lipinski definition) is 4. The molecule has 2 aromatic rings. The molecule has 3 N–H and O–H groups in total. The number of aryl methyl sites for hydroxylation is 1. The van der Waals surface area contributed by atoms with Crippen molar-refractivity contribution in [2.45, 2.75) is 26.7 Å². The molecule has 112 valence electrons. The summed E-state index contributed by atoms with van der Waals surface area (Å²) >= 11 is 0. The van der Waals surface area contributed by atoms with Gasteiger partial charge in [0.1, 0.15) is 5.82 Å². The molecule has 0 spiro atoms. The van der Waals surface area contributed by atoms with Crippen LogP contribution in [0.3, 0.4) is 0 Å². The van der Waals surface area contributed by atoms with Gasteiger partial charge in [0.05, 0.1) is 5.69 Å². The van der Waals surface area contributed by atoms with Gasteiger partial charge in [-0.05, 0) is 38.4 Å². The number of nitrogens with zero attached hydrogens (tertiary/aromatic N) is 3. The Bertz CT molecular complexity index is 608. The molecule has 0 fully saturated rings. The Kier molecular flexibility index (Phi) is 5.05. The maximum Gasteiger partial charge on any atom is 0.227 e. The van der Waals surface area contributed by atoms with Crippen LogP contribution in [0.4, 0.5) is 5.69 Å². The molecule has 21 heavy (non-hydrogen) atoms. The lowest BCUT2D eigenvalue weighted by molar-refractivity contribution is -0.119. The summed E-state index contributed by atoms with van der Waals surface area (Å²) in [6.45, 7) is 4.40. The van der Waals surface area contributed by atoms with Crippen molar-refractivity contribution in [2.75, 3.05) is 11.9 Å². The second-order valence-corrected chi connectivity index (χ2v) is 5.04. The maximum absolute atomic E-state index is 12.2. The number of nitrogens with one attached hydrogen (secondary N) is 1. The third-order valence-corrected chi connectivity index (χ3v) is 3.39. The number of carbonyl (C=O) groups excluding carboxylic acids is 1. The summed E-state index contributed by atoms with van der Waals surface area (Å²) in [5, 5.41) is 2.94. The molecule has 0 saturated heterocycles. The summed E-state index contributed by atoms with van der Waals surface area (Å²) in [5.74, 6) is 1.40. The fraction of sp³-hybridized carbons (Fsp3) is 0.400. The average Bonchev–Trinajstić information content (AvgIpc) is 2.91. The van der Waals surface area contributed by atoms with Crippen LogP contribution in [0.15, 0.2) is 30.7 Å². The van der Waals surface area contributed by atoms with Crippen molar-refractivity contribution in [3.05, 3.63) is 36.5 Å². The average molecular weight is 287 g/mol. The zero-order chi connectivity index (χ0) is 15.2. The van der Waals surface area contributed by atoms with Crippen molar-refractivity contribution in [3.8, 4) is 5.82 Å². The topological polar surface area (TPSA) is 85.8 Å². The Labute approximate surface area is 124 Å². The lowest BCUT2D eigenvalue weighted by Crippen LogP contribution is -2.22. The number of hydrogen-bond donors (Lipinski definition) is 2. The van der Waals surface area contributed by atoms with E-state index in [9.17, 15) is 4.79 Å². The molecule has 2 rings (SSSR count). The molecule has 0 radical (unpaired) electrons. The predicted octanol–water partition coefficient (Wildman–Crippen LogP) is 1.89. The molecular formula is C15H21N5O. The standard InChI is InChI=1S/C15H21N5O/c1-11(5-3-7-16)15(21)19-13-6-4-8-18-14(13)20-10-9-17-12(20)2/h4,6,8-11H,3,5,7,16H2,1-2H3,(H,19,21). The number of pyridine rings is 1. The minimum absolute atomic E-state index is 0.0181. The molecule has 0 saturated carbocycles. The minimum Gasteiger partial charge on any atom is -0.330 e. The van der Waals surface area contributed by atoms with Crippen molar-refractivity contribution < 1.29 is 4.79 Å². The van der Waals surface area contributed by atoms with E-state index in [-0.39, 0.29) is 11.8 Å². The van der Waals surface area contributed by atoms with Crippen LogP contribution < -0.4 is 11.1 Å². The number of amides is 1. The monoisotopic (exact) mass is 287 g/mol. The van der Waals surface area contributed by atoms with Crippen molar-refractivity contribution in [1.82, 2.24) is 14.5 Å². The van der Waals surface area contributed by atoms with Gasteiger partial charge in [-0.25, -0.2) is 9.97 Å². The van der Waals surface area contributed by atoms with E-state index in [4.69, 9.17) is 5.73 Å². The number of carbonyl (C=O) groups is 1. The SMILES string of the molecule is Cc1nccn1-c1ncccc1NC(=O)C(C)CCCN. The van der Waals surface area contributed by atoms with Gasteiger partial charge in [0.2, 0.25) is 5.91 Å². The summed E-state index contributed by atoms with van der Waals surface area (Å²) in [6.07, 6.45) is 6.85. The number of rotatable bonds is 6. The van der Waals surface area contributed by atoms with Crippen LogP contribution in [0.5, 0.6) is 0 Å². The van der Waals surface area contributed by atoms with Crippen LogP contribution in [-0.4, -0.2) is 27.0 Å². The lowest BCUT2D eigenvalue weighted by Gasteiger charge is -2.14. The zero-order valence-corrected chi connectivity index (χ0v) is 12.4. The molecule has 1 atom stereocenters. The second-order valence-electron chi connectivity index (χ2n) is 5.04. The van der Waals surface area contributed by atoms with Crippen LogP contribution in [0.25, 0.3) is 5.82 Å². The van der Waals surface area contributed by atoms with Crippen molar-refractivity contribution in [1.29, 1.82) is 0 Å². The smallest absolute Gasteiger partial charge is 0.227 e. The predicted molar refractivity (Wildman–Crippen MR) is 82.2 cm³/mol. The quantitative estimate of drug-likeness (QED) is 0.849. The van der Waals surface area contributed by atoms with E-state index in [1.807, 2.05) is 30.7 Å². The third kappa shape index (κ3) is 3.66. The second kappa shape index (κ2) is 6.99. The van der Waals surface area contributed by atoms with E-state index in [1.54, 1.807) is 18.5 Å². The molecule has 0 aliphatic rings. The Morgan fingerprint density at radius 1 is 1.43 bits per heavy atom. The molecule has 0 aliphatic heterocycles. The Hall–Kier alpha value is -2.21. The third-order valence-electron chi connectivity index (χ3n) is 3.39. The van der Waals surface area contributed by atoms with Crippen LogP contribution >= 0.6 is 0 Å². The summed E-state index contributed by atoms with van der Waals surface area (Å²) in [6, 6.07) is 3.64.